The molecule has 0 spiro atoms. The van der Waals surface area contributed by atoms with E-state index in [1.165, 1.54) is 6.07 Å². The Morgan fingerprint density at radius 2 is 1.56 bits per heavy atom. The summed E-state index contributed by atoms with van der Waals surface area (Å²) < 4.78 is 38.2. The van der Waals surface area contributed by atoms with E-state index in [0.29, 0.717) is 5.52 Å². The van der Waals surface area contributed by atoms with Gasteiger partial charge in [-0.2, -0.15) is 8.78 Å². The van der Waals surface area contributed by atoms with Crippen LogP contribution in [0.15, 0.2) is 48.5 Å². The van der Waals surface area contributed by atoms with Crippen molar-refractivity contribution in [2.45, 2.75) is 0 Å². The fourth-order valence-electron chi connectivity index (χ4n) is 2.16. The second-order valence-corrected chi connectivity index (χ2v) is 3.97. The number of benzene rings is 2. The van der Waals surface area contributed by atoms with Crippen LogP contribution in [-0.4, -0.2) is 4.98 Å². The van der Waals surface area contributed by atoms with E-state index < -0.39 is 11.9 Å². The van der Waals surface area contributed by atoms with Crippen molar-refractivity contribution in [3.05, 3.63) is 54.1 Å². The molecule has 0 saturated heterocycles. The Morgan fingerprint density at radius 3 is 2.33 bits per heavy atom. The van der Waals surface area contributed by atoms with Crippen molar-refractivity contribution in [3.63, 3.8) is 0 Å². The molecule has 1 heterocycles. The summed E-state index contributed by atoms with van der Waals surface area (Å²) in [6, 6.07) is 12.1. The van der Waals surface area contributed by atoms with Gasteiger partial charge in [-0.05, 0) is 12.1 Å². The SMILES string of the molecule is FC(F)=C(F)c1cccc2c1[nH]c1ccccc12. The highest BCUT2D eigenvalue weighted by Gasteiger charge is 2.14. The Hall–Kier alpha value is -2.23. The van der Waals surface area contributed by atoms with Gasteiger partial charge in [0, 0.05) is 21.9 Å². The fraction of sp³-hybridized carbons (Fsp3) is 0. The first-order chi connectivity index (χ1) is 8.68. The molecule has 1 nitrogen and oxygen atoms in total. The zero-order valence-corrected chi connectivity index (χ0v) is 9.18. The van der Waals surface area contributed by atoms with E-state index in [9.17, 15) is 13.2 Å². The molecule has 0 radical (unpaired) electrons. The van der Waals surface area contributed by atoms with Crippen molar-refractivity contribution >= 4 is 27.6 Å². The number of fused-ring (bicyclic) bond motifs is 3. The van der Waals surface area contributed by atoms with Crippen molar-refractivity contribution in [2.24, 2.45) is 0 Å². The van der Waals surface area contributed by atoms with Crippen molar-refractivity contribution in [1.29, 1.82) is 0 Å². The van der Waals surface area contributed by atoms with Crippen molar-refractivity contribution < 1.29 is 13.2 Å². The molecule has 2 aromatic carbocycles. The third-order valence-electron chi connectivity index (χ3n) is 2.94. The lowest BCUT2D eigenvalue weighted by Gasteiger charge is -1.99. The van der Waals surface area contributed by atoms with Gasteiger partial charge >= 0.3 is 6.08 Å². The molecule has 0 atom stereocenters. The Kier molecular flexibility index (Phi) is 2.37. The first kappa shape index (κ1) is 10.9. The van der Waals surface area contributed by atoms with Crippen LogP contribution in [0.2, 0.25) is 0 Å². The maximum absolute atomic E-state index is 13.4. The molecule has 18 heavy (non-hydrogen) atoms. The second kappa shape index (κ2) is 3.91. The third-order valence-corrected chi connectivity index (χ3v) is 2.94. The molecular weight excluding hydrogens is 239 g/mol. The lowest BCUT2D eigenvalue weighted by Crippen LogP contribution is -1.82. The average molecular weight is 247 g/mol. The zero-order valence-electron chi connectivity index (χ0n) is 9.18. The molecule has 0 saturated carbocycles. The molecule has 3 rings (SSSR count). The smallest absolute Gasteiger partial charge is 0.306 e. The lowest BCUT2D eigenvalue weighted by atomic mass is 10.1. The summed E-state index contributed by atoms with van der Waals surface area (Å²) >= 11 is 0. The molecule has 0 fully saturated rings. The molecule has 0 unspecified atom stereocenters. The number of hydrogen-bond acceptors (Lipinski definition) is 0. The number of para-hydroxylation sites is 2. The standard InChI is InChI=1S/C14H8F3N/c15-12(14(16)17)10-6-3-5-9-8-4-1-2-7-11(8)18-13(9)10/h1-7,18H. The summed E-state index contributed by atoms with van der Waals surface area (Å²) in [5.41, 5.74) is 1.08. The number of halogens is 3. The summed E-state index contributed by atoms with van der Waals surface area (Å²) in [5, 5.41) is 1.63. The van der Waals surface area contributed by atoms with E-state index in [1.54, 1.807) is 12.1 Å². The van der Waals surface area contributed by atoms with E-state index in [-0.39, 0.29) is 5.56 Å². The van der Waals surface area contributed by atoms with E-state index in [0.717, 1.165) is 16.3 Å². The highest BCUT2D eigenvalue weighted by atomic mass is 19.3. The molecule has 1 N–H and O–H groups in total. The van der Waals surface area contributed by atoms with Crippen molar-refractivity contribution in [3.8, 4) is 0 Å². The molecule has 0 aliphatic rings. The quantitative estimate of drug-likeness (QED) is 0.632. The molecule has 4 heteroatoms. The predicted octanol–water partition coefficient (Wildman–Crippen LogP) is 4.86. The maximum atomic E-state index is 13.4. The Balaban J connectivity index is 2.45. The molecule has 0 aliphatic heterocycles. The van der Waals surface area contributed by atoms with Crippen LogP contribution in [0.3, 0.4) is 0 Å². The third kappa shape index (κ3) is 1.49. The second-order valence-electron chi connectivity index (χ2n) is 3.97. The largest absolute Gasteiger partial charge is 0.354 e. The van der Waals surface area contributed by atoms with Crippen LogP contribution >= 0.6 is 0 Å². The number of H-pyrrole nitrogens is 1. The van der Waals surface area contributed by atoms with Crippen LogP contribution in [0, 0.1) is 0 Å². The summed E-state index contributed by atoms with van der Waals surface area (Å²) in [4.78, 5) is 2.97. The zero-order chi connectivity index (χ0) is 12.7. The summed E-state index contributed by atoms with van der Waals surface area (Å²) in [5.74, 6) is -1.48. The monoisotopic (exact) mass is 247 g/mol. The van der Waals surface area contributed by atoms with Gasteiger partial charge in [0.2, 0.25) is 0 Å². The van der Waals surface area contributed by atoms with E-state index in [2.05, 4.69) is 4.98 Å². The minimum absolute atomic E-state index is 0.108. The van der Waals surface area contributed by atoms with Gasteiger partial charge in [0.05, 0.1) is 5.52 Å². The number of nitrogens with one attached hydrogen (secondary N) is 1. The number of aromatic amines is 1. The molecule has 0 bridgehead atoms. The minimum atomic E-state index is -2.30. The maximum Gasteiger partial charge on any atom is 0.306 e. The van der Waals surface area contributed by atoms with Crippen molar-refractivity contribution in [2.75, 3.05) is 0 Å². The van der Waals surface area contributed by atoms with Gasteiger partial charge in [0.15, 0.2) is 5.83 Å². The van der Waals surface area contributed by atoms with Gasteiger partial charge in [-0.3, -0.25) is 0 Å². The van der Waals surface area contributed by atoms with Crippen molar-refractivity contribution in [1.82, 2.24) is 4.98 Å². The molecule has 0 amide bonds. The summed E-state index contributed by atoms with van der Waals surface area (Å²) in [6.45, 7) is 0. The van der Waals surface area contributed by atoms with Crippen LogP contribution in [0.5, 0.6) is 0 Å². The van der Waals surface area contributed by atoms with Gasteiger partial charge in [0.1, 0.15) is 0 Å². The number of hydrogen-bond donors (Lipinski definition) is 1. The van der Waals surface area contributed by atoms with Gasteiger partial charge < -0.3 is 4.98 Å². The van der Waals surface area contributed by atoms with Crippen LogP contribution in [-0.2, 0) is 0 Å². The van der Waals surface area contributed by atoms with Gasteiger partial charge in [-0.15, -0.1) is 0 Å². The Morgan fingerprint density at radius 1 is 0.833 bits per heavy atom. The molecule has 90 valence electrons. The average Bonchev–Trinajstić information content (AvgIpc) is 2.76. The number of rotatable bonds is 1. The Labute approximate surface area is 101 Å². The van der Waals surface area contributed by atoms with E-state index in [4.69, 9.17) is 0 Å². The number of aromatic nitrogens is 1. The normalized spacial score (nSPS) is 11.1. The molecule has 0 aliphatic carbocycles. The van der Waals surface area contributed by atoms with Gasteiger partial charge in [0.25, 0.3) is 0 Å². The highest BCUT2D eigenvalue weighted by Crippen LogP contribution is 2.32. The molecule has 1 aromatic heterocycles. The first-order valence-corrected chi connectivity index (χ1v) is 5.39. The van der Waals surface area contributed by atoms with Gasteiger partial charge in [-0.1, -0.05) is 30.3 Å². The lowest BCUT2D eigenvalue weighted by molar-refractivity contribution is 0.410. The Bertz CT molecular complexity index is 767. The van der Waals surface area contributed by atoms with E-state index in [1.807, 2.05) is 24.3 Å². The predicted molar refractivity (Wildman–Crippen MR) is 66.0 cm³/mol. The van der Waals surface area contributed by atoms with Crippen LogP contribution < -0.4 is 0 Å². The summed E-state index contributed by atoms with van der Waals surface area (Å²) in [7, 11) is 0. The topological polar surface area (TPSA) is 15.8 Å². The summed E-state index contributed by atoms with van der Waals surface area (Å²) in [6.07, 6.45) is -2.30. The van der Waals surface area contributed by atoms with E-state index >= 15 is 0 Å². The first-order valence-electron chi connectivity index (χ1n) is 5.39. The van der Waals surface area contributed by atoms with Gasteiger partial charge in [-0.25, -0.2) is 4.39 Å². The minimum Gasteiger partial charge on any atom is -0.354 e. The molecule has 3 aromatic rings. The van der Waals surface area contributed by atoms with Crippen LogP contribution in [0.25, 0.3) is 27.6 Å². The highest BCUT2D eigenvalue weighted by molar-refractivity contribution is 6.09. The van der Waals surface area contributed by atoms with Crippen LogP contribution in [0.1, 0.15) is 5.56 Å². The fourth-order valence-corrected chi connectivity index (χ4v) is 2.16. The van der Waals surface area contributed by atoms with Crippen LogP contribution in [0.4, 0.5) is 13.2 Å². The molecular formula is C14H8F3N.